The van der Waals surface area contributed by atoms with Crippen molar-refractivity contribution in [3.63, 3.8) is 0 Å². The highest BCUT2D eigenvalue weighted by atomic mass is 19.1. The summed E-state index contributed by atoms with van der Waals surface area (Å²) in [7, 11) is 1.65. The van der Waals surface area contributed by atoms with E-state index in [0.717, 1.165) is 11.3 Å². The van der Waals surface area contributed by atoms with Crippen LogP contribution in [-0.4, -0.2) is 7.11 Å². The molecule has 0 bridgehead atoms. The minimum absolute atomic E-state index is 0.134. The average molecular weight is 259 g/mol. The Labute approximate surface area is 113 Å². The highest BCUT2D eigenvalue weighted by Crippen LogP contribution is 2.19. The molecular formula is C16H18FNO. The summed E-state index contributed by atoms with van der Waals surface area (Å²) in [5.41, 5.74) is 1.80. The van der Waals surface area contributed by atoms with Gasteiger partial charge in [-0.2, -0.15) is 0 Å². The number of nitrogens with one attached hydrogen (secondary N) is 1. The van der Waals surface area contributed by atoms with E-state index in [1.807, 2.05) is 30.3 Å². The van der Waals surface area contributed by atoms with Crippen molar-refractivity contribution in [1.29, 1.82) is 0 Å². The van der Waals surface area contributed by atoms with Gasteiger partial charge in [-0.15, -0.1) is 0 Å². The first kappa shape index (κ1) is 13.6. The summed E-state index contributed by atoms with van der Waals surface area (Å²) in [4.78, 5) is 0. The lowest BCUT2D eigenvalue weighted by Crippen LogP contribution is -2.18. The quantitative estimate of drug-likeness (QED) is 0.884. The van der Waals surface area contributed by atoms with E-state index >= 15 is 0 Å². The Balaban J connectivity index is 2.01. The van der Waals surface area contributed by atoms with Crippen LogP contribution in [0.4, 0.5) is 4.39 Å². The predicted molar refractivity (Wildman–Crippen MR) is 74.6 cm³/mol. The largest absolute Gasteiger partial charge is 0.497 e. The molecule has 2 rings (SSSR count). The van der Waals surface area contributed by atoms with Gasteiger partial charge < -0.3 is 10.1 Å². The maximum absolute atomic E-state index is 13.5. The van der Waals surface area contributed by atoms with Crippen molar-refractivity contribution in [3.05, 3.63) is 65.5 Å². The summed E-state index contributed by atoms with van der Waals surface area (Å²) in [6, 6.07) is 14.8. The van der Waals surface area contributed by atoms with Gasteiger partial charge in [-0.25, -0.2) is 4.39 Å². The first-order chi connectivity index (χ1) is 9.20. The van der Waals surface area contributed by atoms with Crippen LogP contribution >= 0.6 is 0 Å². The topological polar surface area (TPSA) is 21.3 Å². The lowest BCUT2D eigenvalue weighted by Gasteiger charge is -2.15. The summed E-state index contributed by atoms with van der Waals surface area (Å²) in [5, 5.41) is 3.31. The fraction of sp³-hybridized carbons (Fsp3) is 0.250. The first-order valence-corrected chi connectivity index (χ1v) is 6.31. The van der Waals surface area contributed by atoms with E-state index in [2.05, 4.69) is 12.2 Å². The fourth-order valence-electron chi connectivity index (χ4n) is 1.93. The molecule has 0 amide bonds. The first-order valence-electron chi connectivity index (χ1n) is 6.31. The molecule has 0 aliphatic rings. The number of benzene rings is 2. The standard InChI is InChI=1S/C16H18FNO/c1-12(13-7-5-8-15(10-13)19-2)18-11-14-6-3-4-9-16(14)17/h3-10,12,18H,11H2,1-2H3. The van der Waals surface area contributed by atoms with Crippen LogP contribution in [-0.2, 0) is 6.54 Å². The van der Waals surface area contributed by atoms with Crippen LogP contribution in [0.2, 0.25) is 0 Å². The van der Waals surface area contributed by atoms with E-state index in [1.54, 1.807) is 19.2 Å². The molecule has 19 heavy (non-hydrogen) atoms. The van der Waals surface area contributed by atoms with Crippen LogP contribution in [0.25, 0.3) is 0 Å². The lowest BCUT2D eigenvalue weighted by atomic mass is 10.1. The Bertz CT molecular complexity index is 542. The third-order valence-electron chi connectivity index (χ3n) is 3.15. The smallest absolute Gasteiger partial charge is 0.127 e. The normalized spacial score (nSPS) is 12.2. The van der Waals surface area contributed by atoms with Crippen molar-refractivity contribution in [1.82, 2.24) is 5.32 Å². The number of methoxy groups -OCH3 is 1. The minimum atomic E-state index is -0.173. The van der Waals surface area contributed by atoms with Gasteiger partial charge in [0.15, 0.2) is 0 Å². The zero-order chi connectivity index (χ0) is 13.7. The fourth-order valence-corrected chi connectivity index (χ4v) is 1.93. The molecule has 0 aliphatic carbocycles. The van der Waals surface area contributed by atoms with E-state index in [9.17, 15) is 4.39 Å². The summed E-state index contributed by atoms with van der Waals surface area (Å²) in [6.07, 6.45) is 0. The number of halogens is 1. The number of hydrogen-bond donors (Lipinski definition) is 1. The van der Waals surface area contributed by atoms with Crippen LogP contribution in [0.5, 0.6) is 5.75 Å². The third kappa shape index (κ3) is 3.55. The van der Waals surface area contributed by atoms with Crippen molar-refractivity contribution in [2.24, 2.45) is 0 Å². The summed E-state index contributed by atoms with van der Waals surface area (Å²) < 4.78 is 18.7. The highest BCUT2D eigenvalue weighted by molar-refractivity contribution is 5.30. The Kier molecular flexibility index (Phi) is 4.53. The third-order valence-corrected chi connectivity index (χ3v) is 3.15. The summed E-state index contributed by atoms with van der Waals surface area (Å²) >= 11 is 0. The molecule has 2 aromatic rings. The van der Waals surface area contributed by atoms with Gasteiger partial charge in [0.25, 0.3) is 0 Å². The van der Waals surface area contributed by atoms with Crippen LogP contribution < -0.4 is 10.1 Å². The molecule has 0 saturated carbocycles. The number of rotatable bonds is 5. The van der Waals surface area contributed by atoms with Gasteiger partial charge in [-0.3, -0.25) is 0 Å². The monoisotopic (exact) mass is 259 g/mol. The zero-order valence-electron chi connectivity index (χ0n) is 11.2. The zero-order valence-corrected chi connectivity index (χ0v) is 11.2. The van der Waals surface area contributed by atoms with Gasteiger partial charge >= 0.3 is 0 Å². The van der Waals surface area contributed by atoms with Crippen molar-refractivity contribution in [3.8, 4) is 5.75 Å². The van der Waals surface area contributed by atoms with Crippen molar-refractivity contribution in [2.75, 3.05) is 7.11 Å². The molecule has 0 heterocycles. The van der Waals surface area contributed by atoms with Gasteiger partial charge in [0.1, 0.15) is 11.6 Å². The van der Waals surface area contributed by atoms with Gasteiger partial charge in [-0.1, -0.05) is 30.3 Å². The maximum atomic E-state index is 13.5. The molecule has 1 unspecified atom stereocenters. The molecule has 100 valence electrons. The van der Waals surface area contributed by atoms with Gasteiger partial charge in [0, 0.05) is 18.2 Å². The van der Waals surface area contributed by atoms with Crippen molar-refractivity contribution in [2.45, 2.75) is 19.5 Å². The van der Waals surface area contributed by atoms with Gasteiger partial charge in [-0.05, 0) is 30.7 Å². The molecule has 0 aromatic heterocycles. The number of ether oxygens (including phenoxy) is 1. The Morgan fingerprint density at radius 3 is 2.68 bits per heavy atom. The molecule has 0 spiro atoms. The van der Waals surface area contributed by atoms with Crippen LogP contribution in [0.15, 0.2) is 48.5 Å². The number of hydrogen-bond acceptors (Lipinski definition) is 2. The highest BCUT2D eigenvalue weighted by Gasteiger charge is 2.07. The van der Waals surface area contributed by atoms with E-state index in [1.165, 1.54) is 6.07 Å². The molecule has 0 saturated heterocycles. The SMILES string of the molecule is COc1cccc(C(C)NCc2ccccc2F)c1. The second-order valence-corrected chi connectivity index (χ2v) is 4.47. The van der Waals surface area contributed by atoms with E-state index in [0.29, 0.717) is 12.1 Å². The maximum Gasteiger partial charge on any atom is 0.127 e. The van der Waals surface area contributed by atoms with Crippen LogP contribution in [0.1, 0.15) is 24.1 Å². The Morgan fingerprint density at radius 1 is 1.16 bits per heavy atom. The minimum Gasteiger partial charge on any atom is -0.497 e. The average Bonchev–Trinajstić information content (AvgIpc) is 2.46. The second kappa shape index (κ2) is 6.34. The second-order valence-electron chi connectivity index (χ2n) is 4.47. The molecule has 3 heteroatoms. The molecular weight excluding hydrogens is 241 g/mol. The van der Waals surface area contributed by atoms with Crippen LogP contribution in [0.3, 0.4) is 0 Å². The lowest BCUT2D eigenvalue weighted by molar-refractivity contribution is 0.413. The Morgan fingerprint density at radius 2 is 1.95 bits per heavy atom. The molecule has 1 atom stereocenters. The van der Waals surface area contributed by atoms with E-state index < -0.39 is 0 Å². The molecule has 1 N–H and O–H groups in total. The molecule has 2 aromatic carbocycles. The molecule has 0 radical (unpaired) electrons. The van der Waals surface area contributed by atoms with Crippen molar-refractivity contribution < 1.29 is 9.13 Å². The van der Waals surface area contributed by atoms with E-state index in [-0.39, 0.29) is 11.9 Å². The Hall–Kier alpha value is -1.87. The summed E-state index contributed by atoms with van der Waals surface area (Å²) in [5.74, 6) is 0.657. The summed E-state index contributed by atoms with van der Waals surface area (Å²) in [6.45, 7) is 2.56. The van der Waals surface area contributed by atoms with Crippen LogP contribution in [0, 0.1) is 5.82 Å². The van der Waals surface area contributed by atoms with Crippen molar-refractivity contribution >= 4 is 0 Å². The molecule has 0 fully saturated rings. The van der Waals surface area contributed by atoms with Gasteiger partial charge in [0.2, 0.25) is 0 Å². The van der Waals surface area contributed by atoms with E-state index in [4.69, 9.17) is 4.74 Å². The van der Waals surface area contributed by atoms with Gasteiger partial charge in [0.05, 0.1) is 7.11 Å². The molecule has 0 aliphatic heterocycles. The predicted octanol–water partition coefficient (Wildman–Crippen LogP) is 3.69. The molecule has 2 nitrogen and oxygen atoms in total.